The van der Waals surface area contributed by atoms with E-state index in [1.165, 1.54) is 4.68 Å². The molecule has 0 spiro atoms. The number of rotatable bonds is 3. The maximum atomic E-state index is 12.0. The van der Waals surface area contributed by atoms with Gasteiger partial charge in [-0.2, -0.15) is 5.10 Å². The summed E-state index contributed by atoms with van der Waals surface area (Å²) < 4.78 is 28.2. The summed E-state index contributed by atoms with van der Waals surface area (Å²) in [4.78, 5) is 0.113. The third-order valence-electron chi connectivity index (χ3n) is 3.00. The Balaban J connectivity index is 2.34. The minimum Gasteiger partial charge on any atom is -0.381 e. The Morgan fingerprint density at radius 1 is 1.50 bits per heavy atom. The van der Waals surface area contributed by atoms with Crippen molar-refractivity contribution < 1.29 is 8.42 Å². The lowest BCUT2D eigenvalue weighted by Crippen LogP contribution is -2.39. The van der Waals surface area contributed by atoms with Crippen molar-refractivity contribution in [1.29, 1.82) is 0 Å². The van der Waals surface area contributed by atoms with Crippen molar-refractivity contribution in [3.05, 3.63) is 5.69 Å². The lowest BCUT2D eigenvalue weighted by Gasteiger charge is -2.26. The molecule has 0 unspecified atom stereocenters. The van der Waals surface area contributed by atoms with Gasteiger partial charge in [-0.25, -0.2) is 13.1 Å². The van der Waals surface area contributed by atoms with Crippen molar-refractivity contribution in [3.63, 3.8) is 0 Å². The summed E-state index contributed by atoms with van der Waals surface area (Å²) in [6.45, 7) is 1.69. The monoisotopic (exact) mass is 244 g/mol. The molecule has 6 nitrogen and oxygen atoms in total. The summed E-state index contributed by atoms with van der Waals surface area (Å²) in [7, 11) is -1.84. The Kier molecular flexibility index (Phi) is 2.67. The summed E-state index contributed by atoms with van der Waals surface area (Å²) in [5.74, 6) is 0.0619. The van der Waals surface area contributed by atoms with Gasteiger partial charge in [-0.3, -0.25) is 4.68 Å². The number of aryl methyl sites for hydroxylation is 1. The number of nitrogens with zero attached hydrogens (tertiary/aromatic N) is 2. The number of hydrogen-bond donors (Lipinski definition) is 2. The Labute approximate surface area is 94.9 Å². The molecule has 0 atom stereocenters. The van der Waals surface area contributed by atoms with Crippen molar-refractivity contribution in [3.8, 4) is 0 Å². The molecule has 16 heavy (non-hydrogen) atoms. The van der Waals surface area contributed by atoms with E-state index in [-0.39, 0.29) is 16.8 Å². The second-order valence-corrected chi connectivity index (χ2v) is 5.82. The number of nitrogens with one attached hydrogen (secondary N) is 1. The second kappa shape index (κ2) is 3.74. The Morgan fingerprint density at radius 3 is 2.50 bits per heavy atom. The maximum absolute atomic E-state index is 12.0. The average Bonchev–Trinajstić information content (AvgIpc) is 2.35. The molecule has 1 aromatic rings. The number of nitrogens with two attached hydrogens (primary N) is 1. The normalized spacial score (nSPS) is 17.4. The van der Waals surface area contributed by atoms with Gasteiger partial charge in [0.05, 0.1) is 5.69 Å². The van der Waals surface area contributed by atoms with Gasteiger partial charge in [0.2, 0.25) is 10.0 Å². The molecule has 0 bridgehead atoms. The highest BCUT2D eigenvalue weighted by Crippen LogP contribution is 2.25. The predicted molar refractivity (Wildman–Crippen MR) is 60.3 cm³/mol. The zero-order valence-corrected chi connectivity index (χ0v) is 10.2. The van der Waals surface area contributed by atoms with Gasteiger partial charge in [0, 0.05) is 13.1 Å². The summed E-state index contributed by atoms with van der Waals surface area (Å²) >= 11 is 0. The van der Waals surface area contributed by atoms with Crippen molar-refractivity contribution >= 4 is 15.8 Å². The molecular formula is C9H16N4O2S. The lowest BCUT2D eigenvalue weighted by atomic mass is 9.94. The van der Waals surface area contributed by atoms with E-state index in [9.17, 15) is 8.42 Å². The smallest absolute Gasteiger partial charge is 0.246 e. The van der Waals surface area contributed by atoms with E-state index in [0.717, 1.165) is 19.3 Å². The van der Waals surface area contributed by atoms with Crippen molar-refractivity contribution in [2.45, 2.75) is 37.1 Å². The van der Waals surface area contributed by atoms with Crippen LogP contribution < -0.4 is 10.5 Å². The van der Waals surface area contributed by atoms with Gasteiger partial charge in [0.1, 0.15) is 4.90 Å². The first-order valence-electron chi connectivity index (χ1n) is 5.23. The molecule has 0 saturated heterocycles. The first-order chi connectivity index (χ1) is 7.42. The van der Waals surface area contributed by atoms with Gasteiger partial charge in [-0.05, 0) is 19.8 Å². The number of nitrogen functional groups attached to an aromatic ring is 1. The fourth-order valence-electron chi connectivity index (χ4n) is 1.75. The largest absolute Gasteiger partial charge is 0.381 e. The van der Waals surface area contributed by atoms with Crippen LogP contribution in [0.3, 0.4) is 0 Å². The Morgan fingerprint density at radius 2 is 2.12 bits per heavy atom. The highest BCUT2D eigenvalue weighted by molar-refractivity contribution is 7.89. The Bertz CT molecular complexity index is 502. The van der Waals surface area contributed by atoms with E-state index < -0.39 is 10.0 Å². The van der Waals surface area contributed by atoms with Crippen LogP contribution in [0.25, 0.3) is 0 Å². The van der Waals surface area contributed by atoms with Crippen LogP contribution >= 0.6 is 0 Å². The Hall–Kier alpha value is -1.08. The molecule has 1 aromatic heterocycles. The van der Waals surface area contributed by atoms with Crippen LogP contribution in [0.5, 0.6) is 0 Å². The summed E-state index contributed by atoms with van der Waals surface area (Å²) in [6, 6.07) is 0.0593. The van der Waals surface area contributed by atoms with E-state index in [4.69, 9.17) is 5.73 Å². The molecule has 0 amide bonds. The molecule has 1 aliphatic rings. The standard InChI is InChI=1S/C9H16N4O2S/c1-6-8(9(10)11-13(6)2)16(14,15)12-7-4-3-5-7/h7,12H,3-5H2,1-2H3,(H2,10,11). The SMILES string of the molecule is Cc1c(S(=O)(=O)NC2CCC2)c(N)nn1C. The fraction of sp³-hybridized carbons (Fsp3) is 0.667. The zero-order chi connectivity index (χ0) is 11.9. The molecule has 0 radical (unpaired) electrons. The predicted octanol–water partition coefficient (Wildman–Crippen LogP) is 0.142. The molecule has 1 aliphatic carbocycles. The number of hydrogen-bond acceptors (Lipinski definition) is 4. The molecule has 7 heteroatoms. The first-order valence-corrected chi connectivity index (χ1v) is 6.71. The maximum Gasteiger partial charge on any atom is 0.246 e. The second-order valence-electron chi connectivity index (χ2n) is 4.17. The van der Waals surface area contributed by atoms with Crippen LogP contribution in [-0.2, 0) is 17.1 Å². The van der Waals surface area contributed by atoms with E-state index in [1.54, 1.807) is 14.0 Å². The molecule has 1 heterocycles. The van der Waals surface area contributed by atoms with Crippen LogP contribution in [-0.4, -0.2) is 24.2 Å². The average molecular weight is 244 g/mol. The summed E-state index contributed by atoms with van der Waals surface area (Å²) in [5, 5.41) is 3.90. The van der Waals surface area contributed by atoms with E-state index in [1.807, 2.05) is 0 Å². The molecule has 1 fully saturated rings. The third-order valence-corrected chi connectivity index (χ3v) is 4.69. The highest BCUT2D eigenvalue weighted by atomic mass is 32.2. The molecule has 0 aromatic carbocycles. The number of sulfonamides is 1. The quantitative estimate of drug-likeness (QED) is 0.791. The van der Waals surface area contributed by atoms with Gasteiger partial charge in [-0.1, -0.05) is 6.42 Å². The molecular weight excluding hydrogens is 228 g/mol. The fourth-order valence-corrected chi connectivity index (χ4v) is 3.38. The first kappa shape index (κ1) is 11.4. The third kappa shape index (κ3) is 1.80. The molecule has 0 aliphatic heterocycles. The summed E-state index contributed by atoms with van der Waals surface area (Å²) in [5.41, 5.74) is 6.17. The highest BCUT2D eigenvalue weighted by Gasteiger charge is 2.29. The minimum absolute atomic E-state index is 0.0593. The number of anilines is 1. The van der Waals surface area contributed by atoms with Crippen LogP contribution in [0.4, 0.5) is 5.82 Å². The van der Waals surface area contributed by atoms with Gasteiger partial charge < -0.3 is 5.73 Å². The topological polar surface area (TPSA) is 90.0 Å². The molecule has 90 valence electrons. The van der Waals surface area contributed by atoms with Crippen molar-refractivity contribution in [1.82, 2.24) is 14.5 Å². The summed E-state index contributed by atoms with van der Waals surface area (Å²) in [6.07, 6.45) is 2.88. The van der Waals surface area contributed by atoms with Gasteiger partial charge in [0.25, 0.3) is 0 Å². The van der Waals surface area contributed by atoms with Crippen molar-refractivity contribution in [2.75, 3.05) is 5.73 Å². The van der Waals surface area contributed by atoms with Gasteiger partial charge in [-0.15, -0.1) is 0 Å². The van der Waals surface area contributed by atoms with E-state index in [2.05, 4.69) is 9.82 Å². The van der Waals surface area contributed by atoms with Crippen LogP contribution in [0.2, 0.25) is 0 Å². The van der Waals surface area contributed by atoms with Crippen LogP contribution in [0.1, 0.15) is 25.0 Å². The molecule has 2 rings (SSSR count). The molecule has 3 N–H and O–H groups in total. The zero-order valence-electron chi connectivity index (χ0n) is 9.40. The lowest BCUT2D eigenvalue weighted by molar-refractivity contribution is 0.383. The van der Waals surface area contributed by atoms with Crippen molar-refractivity contribution in [2.24, 2.45) is 7.05 Å². The van der Waals surface area contributed by atoms with Crippen LogP contribution in [0.15, 0.2) is 4.90 Å². The van der Waals surface area contributed by atoms with Crippen LogP contribution in [0, 0.1) is 6.92 Å². The van der Waals surface area contributed by atoms with E-state index in [0.29, 0.717) is 5.69 Å². The van der Waals surface area contributed by atoms with Gasteiger partial charge in [0.15, 0.2) is 5.82 Å². The van der Waals surface area contributed by atoms with Gasteiger partial charge >= 0.3 is 0 Å². The molecule has 1 saturated carbocycles. The van der Waals surface area contributed by atoms with E-state index >= 15 is 0 Å². The minimum atomic E-state index is -3.52. The number of aromatic nitrogens is 2.